The van der Waals surface area contributed by atoms with Gasteiger partial charge in [-0.15, -0.1) is 11.3 Å². The highest BCUT2D eigenvalue weighted by Gasteiger charge is 2.27. The molecule has 1 saturated heterocycles. The normalized spacial score (nSPS) is 16.3. The maximum absolute atomic E-state index is 12.2. The Labute approximate surface area is 172 Å². The summed E-state index contributed by atoms with van der Waals surface area (Å²) >= 11 is 1.56. The van der Waals surface area contributed by atoms with E-state index in [9.17, 15) is 14.4 Å². The van der Waals surface area contributed by atoms with Crippen molar-refractivity contribution in [2.45, 2.75) is 26.4 Å². The molecule has 0 bridgehead atoms. The lowest BCUT2D eigenvalue weighted by molar-refractivity contribution is -0.137. The fourth-order valence-corrected chi connectivity index (χ4v) is 3.65. The molecule has 1 aliphatic rings. The first-order valence-corrected chi connectivity index (χ1v) is 10.2. The molecule has 1 atom stereocenters. The molecule has 0 radical (unpaired) electrons. The number of aromatic nitrogens is 1. The number of esters is 1. The highest BCUT2D eigenvalue weighted by atomic mass is 32.1. The number of primary amides is 1. The van der Waals surface area contributed by atoms with Crippen LogP contribution in [0.5, 0.6) is 5.75 Å². The number of hydrogen-bond donors (Lipinski definition) is 1. The molecule has 2 N–H and O–H groups in total. The SMILES string of the molecule is Cc1nc(COc2ccc(C(=O)OCC(=O)N3CCC[C@@H](C(N)=O)C3)cc2)cs1. The van der Waals surface area contributed by atoms with E-state index in [1.165, 1.54) is 4.90 Å². The number of carbonyl (C=O) groups is 3. The smallest absolute Gasteiger partial charge is 0.338 e. The van der Waals surface area contributed by atoms with Gasteiger partial charge >= 0.3 is 5.97 Å². The van der Waals surface area contributed by atoms with Crippen molar-refractivity contribution >= 4 is 29.1 Å². The first-order valence-electron chi connectivity index (χ1n) is 9.30. The first-order chi connectivity index (χ1) is 13.9. The second-order valence-corrected chi connectivity index (χ2v) is 7.89. The highest BCUT2D eigenvalue weighted by molar-refractivity contribution is 7.09. The summed E-state index contributed by atoms with van der Waals surface area (Å²) in [5, 5.41) is 2.91. The average Bonchev–Trinajstić information content (AvgIpc) is 3.15. The van der Waals surface area contributed by atoms with Crippen LogP contribution in [0.4, 0.5) is 0 Å². The van der Waals surface area contributed by atoms with Crippen LogP contribution < -0.4 is 10.5 Å². The van der Waals surface area contributed by atoms with Crippen molar-refractivity contribution in [3.05, 3.63) is 45.9 Å². The Morgan fingerprint density at radius 3 is 2.69 bits per heavy atom. The Morgan fingerprint density at radius 1 is 1.28 bits per heavy atom. The third-order valence-corrected chi connectivity index (χ3v) is 5.47. The number of piperidine rings is 1. The maximum atomic E-state index is 12.2. The topological polar surface area (TPSA) is 112 Å². The lowest BCUT2D eigenvalue weighted by Crippen LogP contribution is -2.45. The fraction of sp³-hybridized carbons (Fsp3) is 0.400. The van der Waals surface area contributed by atoms with Gasteiger partial charge in [0.25, 0.3) is 5.91 Å². The van der Waals surface area contributed by atoms with Crippen molar-refractivity contribution in [1.82, 2.24) is 9.88 Å². The summed E-state index contributed by atoms with van der Waals surface area (Å²) in [5.41, 5.74) is 6.50. The molecule has 1 aromatic carbocycles. The molecule has 1 fully saturated rings. The van der Waals surface area contributed by atoms with E-state index >= 15 is 0 Å². The van der Waals surface area contributed by atoms with Crippen LogP contribution in [0.15, 0.2) is 29.6 Å². The van der Waals surface area contributed by atoms with Gasteiger partial charge in [0.2, 0.25) is 5.91 Å². The molecule has 3 rings (SSSR count). The van der Waals surface area contributed by atoms with E-state index in [4.69, 9.17) is 15.2 Å². The number of carbonyl (C=O) groups excluding carboxylic acids is 3. The van der Waals surface area contributed by atoms with Crippen molar-refractivity contribution in [3.8, 4) is 5.75 Å². The van der Waals surface area contributed by atoms with Crippen LogP contribution in [0.2, 0.25) is 0 Å². The highest BCUT2D eigenvalue weighted by Crippen LogP contribution is 2.18. The average molecular weight is 417 g/mol. The minimum absolute atomic E-state index is 0.274. The van der Waals surface area contributed by atoms with Gasteiger partial charge < -0.3 is 20.1 Å². The first kappa shape index (κ1) is 20.8. The molecule has 9 heteroatoms. The number of benzene rings is 1. The van der Waals surface area contributed by atoms with Crippen molar-refractivity contribution in [3.63, 3.8) is 0 Å². The second kappa shape index (κ2) is 9.51. The van der Waals surface area contributed by atoms with E-state index in [1.807, 2.05) is 12.3 Å². The summed E-state index contributed by atoms with van der Waals surface area (Å²) in [4.78, 5) is 41.6. The summed E-state index contributed by atoms with van der Waals surface area (Å²) in [6.45, 7) is 2.72. The molecule has 1 aromatic heterocycles. The zero-order chi connectivity index (χ0) is 20.8. The van der Waals surface area contributed by atoms with Crippen LogP contribution in [0.3, 0.4) is 0 Å². The van der Waals surface area contributed by atoms with Crippen molar-refractivity contribution in [1.29, 1.82) is 0 Å². The fourth-order valence-electron chi connectivity index (χ4n) is 3.06. The van der Waals surface area contributed by atoms with Gasteiger partial charge in [0.15, 0.2) is 6.61 Å². The van der Waals surface area contributed by atoms with Crippen LogP contribution in [0, 0.1) is 12.8 Å². The van der Waals surface area contributed by atoms with Crippen LogP contribution in [0.1, 0.15) is 33.9 Å². The quantitative estimate of drug-likeness (QED) is 0.689. The van der Waals surface area contributed by atoms with E-state index in [1.54, 1.807) is 35.6 Å². The monoisotopic (exact) mass is 417 g/mol. The van der Waals surface area contributed by atoms with Crippen LogP contribution >= 0.6 is 11.3 Å². The standard InChI is InChI=1S/C20H23N3O5S/c1-13-22-16(12-29-13)10-27-17-6-4-14(5-7-17)20(26)28-11-18(24)23-8-2-3-15(9-23)19(21)25/h4-7,12,15H,2-3,8-11H2,1H3,(H2,21,25)/t15-/m1/s1. The summed E-state index contributed by atoms with van der Waals surface area (Å²) < 4.78 is 10.8. The third kappa shape index (κ3) is 5.77. The predicted molar refractivity (Wildman–Crippen MR) is 106 cm³/mol. The van der Waals surface area contributed by atoms with Gasteiger partial charge in [-0.2, -0.15) is 0 Å². The van der Waals surface area contributed by atoms with Gasteiger partial charge in [-0.1, -0.05) is 0 Å². The lowest BCUT2D eigenvalue weighted by Gasteiger charge is -2.31. The van der Waals surface area contributed by atoms with Crippen LogP contribution in [-0.4, -0.2) is 47.4 Å². The number of aryl methyl sites for hydroxylation is 1. The molecular weight excluding hydrogens is 394 g/mol. The Kier molecular flexibility index (Phi) is 6.82. The number of ether oxygens (including phenoxy) is 2. The third-order valence-electron chi connectivity index (χ3n) is 4.65. The van der Waals surface area contributed by atoms with Gasteiger partial charge in [-0.3, -0.25) is 9.59 Å². The molecule has 0 saturated carbocycles. The number of nitrogens with zero attached hydrogens (tertiary/aromatic N) is 2. The molecule has 0 spiro atoms. The Bertz CT molecular complexity index is 880. The largest absolute Gasteiger partial charge is 0.487 e. The van der Waals surface area contributed by atoms with Gasteiger partial charge in [-0.05, 0) is 44.0 Å². The number of rotatable bonds is 7. The molecule has 2 aromatic rings. The Hall–Kier alpha value is -2.94. The van der Waals surface area contributed by atoms with Crippen molar-refractivity contribution in [2.75, 3.05) is 19.7 Å². The summed E-state index contributed by atoms with van der Waals surface area (Å²) in [6.07, 6.45) is 1.38. The summed E-state index contributed by atoms with van der Waals surface area (Å²) in [7, 11) is 0. The maximum Gasteiger partial charge on any atom is 0.338 e. The van der Waals surface area contributed by atoms with Crippen LogP contribution in [-0.2, 0) is 20.9 Å². The van der Waals surface area contributed by atoms with Crippen LogP contribution in [0.25, 0.3) is 0 Å². The molecule has 8 nitrogen and oxygen atoms in total. The molecule has 1 aliphatic heterocycles. The zero-order valence-electron chi connectivity index (χ0n) is 16.1. The molecule has 29 heavy (non-hydrogen) atoms. The van der Waals surface area contributed by atoms with E-state index in [0.717, 1.165) is 10.7 Å². The Balaban J connectivity index is 1.46. The summed E-state index contributed by atoms with van der Waals surface area (Å²) in [5.74, 6) is -1.07. The van der Waals surface area contributed by atoms with Gasteiger partial charge in [0, 0.05) is 18.5 Å². The molecule has 0 aliphatic carbocycles. The van der Waals surface area contributed by atoms with E-state index in [2.05, 4.69) is 4.98 Å². The number of nitrogens with two attached hydrogens (primary N) is 1. The van der Waals surface area contributed by atoms with E-state index in [-0.39, 0.29) is 25.0 Å². The number of hydrogen-bond acceptors (Lipinski definition) is 7. The van der Waals surface area contributed by atoms with E-state index < -0.39 is 11.9 Å². The van der Waals surface area contributed by atoms with Crippen molar-refractivity contribution < 1.29 is 23.9 Å². The lowest BCUT2D eigenvalue weighted by atomic mass is 9.97. The Morgan fingerprint density at radius 2 is 2.03 bits per heavy atom. The number of amides is 2. The van der Waals surface area contributed by atoms with Gasteiger partial charge in [-0.25, -0.2) is 9.78 Å². The van der Waals surface area contributed by atoms with Gasteiger partial charge in [0.1, 0.15) is 12.4 Å². The molecule has 2 amide bonds. The minimum Gasteiger partial charge on any atom is -0.487 e. The molecule has 154 valence electrons. The van der Waals surface area contributed by atoms with E-state index in [0.29, 0.717) is 37.3 Å². The number of likely N-dealkylation sites (tertiary alicyclic amines) is 1. The second-order valence-electron chi connectivity index (χ2n) is 6.83. The van der Waals surface area contributed by atoms with Crippen molar-refractivity contribution in [2.24, 2.45) is 11.7 Å². The number of thiazole rings is 1. The molecule has 2 heterocycles. The van der Waals surface area contributed by atoms with Gasteiger partial charge in [0.05, 0.1) is 22.2 Å². The predicted octanol–water partition coefficient (Wildman–Crippen LogP) is 1.91. The summed E-state index contributed by atoms with van der Waals surface area (Å²) in [6, 6.07) is 6.50. The molecule has 0 unspecified atom stereocenters. The zero-order valence-corrected chi connectivity index (χ0v) is 16.9. The molecular formula is C20H23N3O5S. The minimum atomic E-state index is -0.594.